The fourth-order valence-electron chi connectivity index (χ4n) is 2.87. The van der Waals surface area contributed by atoms with Gasteiger partial charge in [0, 0.05) is 0 Å². The van der Waals surface area contributed by atoms with Crippen LogP contribution in [0.5, 0.6) is 0 Å². The van der Waals surface area contributed by atoms with Crippen LogP contribution in [0, 0.1) is 13.8 Å². The van der Waals surface area contributed by atoms with Gasteiger partial charge in [-0.15, -0.1) is 11.3 Å². The number of nitrogens with zero attached hydrogens (tertiary/aromatic N) is 1. The van der Waals surface area contributed by atoms with Crippen molar-refractivity contribution < 1.29 is 4.79 Å². The highest BCUT2D eigenvalue weighted by Crippen LogP contribution is 2.30. The summed E-state index contributed by atoms with van der Waals surface area (Å²) in [6.45, 7) is 3.83. The quantitative estimate of drug-likeness (QED) is 0.917. The molecule has 1 atom stereocenters. The highest BCUT2D eigenvalue weighted by molar-refractivity contribution is 7.13. The SMILES string of the molecule is Cc1nc(C)c(C(=O)N[C@H]2CCCc3ccccc32)s1. The molecule has 0 bridgehead atoms. The normalized spacial score (nSPS) is 17.6. The van der Waals surface area contributed by atoms with Gasteiger partial charge in [0.15, 0.2) is 0 Å². The highest BCUT2D eigenvalue weighted by atomic mass is 32.1. The van der Waals surface area contributed by atoms with E-state index in [9.17, 15) is 4.79 Å². The van der Waals surface area contributed by atoms with Crippen molar-refractivity contribution in [3.05, 3.63) is 51.0 Å². The third kappa shape index (κ3) is 2.48. The minimum absolute atomic E-state index is 0.00908. The summed E-state index contributed by atoms with van der Waals surface area (Å²) in [6, 6.07) is 8.54. The van der Waals surface area contributed by atoms with Gasteiger partial charge < -0.3 is 5.32 Å². The number of carbonyl (C=O) groups excluding carboxylic acids is 1. The van der Waals surface area contributed by atoms with Gasteiger partial charge in [0.2, 0.25) is 0 Å². The molecule has 1 aliphatic rings. The zero-order valence-electron chi connectivity index (χ0n) is 11.8. The molecule has 0 spiro atoms. The van der Waals surface area contributed by atoms with Gasteiger partial charge in [0.25, 0.3) is 5.91 Å². The van der Waals surface area contributed by atoms with Crippen LogP contribution in [0.15, 0.2) is 24.3 Å². The molecule has 3 rings (SSSR count). The molecule has 4 heteroatoms. The minimum atomic E-state index is 0.00908. The van der Waals surface area contributed by atoms with E-state index in [0.717, 1.165) is 34.8 Å². The molecular formula is C16H18N2OS. The lowest BCUT2D eigenvalue weighted by Crippen LogP contribution is -2.30. The van der Waals surface area contributed by atoms with Crippen LogP contribution in [-0.4, -0.2) is 10.9 Å². The number of aryl methyl sites for hydroxylation is 3. The molecule has 1 aromatic heterocycles. The van der Waals surface area contributed by atoms with Crippen molar-refractivity contribution in [3.63, 3.8) is 0 Å². The zero-order chi connectivity index (χ0) is 14.1. The number of rotatable bonds is 2. The summed E-state index contributed by atoms with van der Waals surface area (Å²) in [5.74, 6) is 0.00908. The molecule has 1 N–H and O–H groups in total. The smallest absolute Gasteiger partial charge is 0.263 e. The van der Waals surface area contributed by atoms with Crippen LogP contribution in [0.2, 0.25) is 0 Å². The largest absolute Gasteiger partial charge is 0.344 e. The Labute approximate surface area is 123 Å². The summed E-state index contributed by atoms with van der Waals surface area (Å²) in [7, 11) is 0. The summed E-state index contributed by atoms with van der Waals surface area (Å²) in [5.41, 5.74) is 3.46. The second kappa shape index (κ2) is 5.37. The van der Waals surface area contributed by atoms with Gasteiger partial charge in [0.05, 0.1) is 16.7 Å². The summed E-state index contributed by atoms with van der Waals surface area (Å²) < 4.78 is 0. The first-order valence-corrected chi connectivity index (χ1v) is 7.79. The molecule has 0 aliphatic heterocycles. The predicted molar refractivity (Wildman–Crippen MR) is 81.2 cm³/mol. The number of nitrogens with one attached hydrogen (secondary N) is 1. The molecule has 20 heavy (non-hydrogen) atoms. The Hall–Kier alpha value is -1.68. The van der Waals surface area contributed by atoms with Crippen molar-refractivity contribution in [1.29, 1.82) is 0 Å². The fourth-order valence-corrected chi connectivity index (χ4v) is 3.69. The first-order valence-electron chi connectivity index (χ1n) is 6.98. The van der Waals surface area contributed by atoms with E-state index >= 15 is 0 Å². The molecule has 1 aliphatic carbocycles. The Morgan fingerprint density at radius 3 is 2.90 bits per heavy atom. The van der Waals surface area contributed by atoms with E-state index in [2.05, 4.69) is 28.5 Å². The molecule has 3 nitrogen and oxygen atoms in total. The van der Waals surface area contributed by atoms with Crippen LogP contribution in [0.1, 0.15) is 50.4 Å². The van der Waals surface area contributed by atoms with Gasteiger partial charge in [0.1, 0.15) is 4.88 Å². The number of fused-ring (bicyclic) bond motifs is 1. The summed E-state index contributed by atoms with van der Waals surface area (Å²) in [6.07, 6.45) is 3.25. The Morgan fingerprint density at radius 2 is 2.15 bits per heavy atom. The van der Waals surface area contributed by atoms with E-state index < -0.39 is 0 Å². The van der Waals surface area contributed by atoms with Gasteiger partial charge >= 0.3 is 0 Å². The molecule has 0 radical (unpaired) electrons. The Bertz CT molecular complexity index is 648. The number of amides is 1. The summed E-state index contributed by atoms with van der Waals surface area (Å²) in [4.78, 5) is 17.5. The average molecular weight is 286 g/mol. The molecular weight excluding hydrogens is 268 g/mol. The summed E-state index contributed by atoms with van der Waals surface area (Å²) in [5, 5.41) is 4.12. The standard InChI is InChI=1S/C16H18N2OS/c1-10-15(20-11(2)17-10)16(19)18-14-9-5-7-12-6-3-4-8-13(12)14/h3-4,6,8,14H,5,7,9H2,1-2H3,(H,18,19)/t14-/m0/s1. The number of benzene rings is 1. The van der Waals surface area contributed by atoms with Crippen LogP contribution >= 0.6 is 11.3 Å². The second-order valence-corrected chi connectivity index (χ2v) is 6.47. The maximum absolute atomic E-state index is 12.4. The molecule has 0 saturated carbocycles. The van der Waals surface area contributed by atoms with Gasteiger partial charge in [-0.1, -0.05) is 24.3 Å². The number of carbonyl (C=O) groups is 1. The Kier molecular flexibility index (Phi) is 3.57. The predicted octanol–water partition coefficient (Wildman–Crippen LogP) is 3.57. The first kappa shape index (κ1) is 13.3. The van der Waals surface area contributed by atoms with Crippen LogP contribution in [0.4, 0.5) is 0 Å². The van der Waals surface area contributed by atoms with Crippen LogP contribution in [0.3, 0.4) is 0 Å². The fraction of sp³-hybridized carbons (Fsp3) is 0.375. The topological polar surface area (TPSA) is 42.0 Å². The number of hydrogen-bond acceptors (Lipinski definition) is 3. The van der Waals surface area contributed by atoms with Gasteiger partial charge in [-0.25, -0.2) is 4.98 Å². The van der Waals surface area contributed by atoms with Gasteiger partial charge in [-0.05, 0) is 44.2 Å². The number of thiazole rings is 1. The van der Waals surface area contributed by atoms with E-state index in [1.54, 1.807) is 0 Å². The first-order chi connectivity index (χ1) is 9.65. The van der Waals surface area contributed by atoms with E-state index in [-0.39, 0.29) is 11.9 Å². The molecule has 2 aromatic rings. The summed E-state index contributed by atoms with van der Waals surface area (Å²) >= 11 is 1.47. The molecule has 0 unspecified atom stereocenters. The van der Waals surface area contributed by atoms with Crippen molar-refractivity contribution in [1.82, 2.24) is 10.3 Å². The molecule has 0 saturated heterocycles. The molecule has 1 aromatic carbocycles. The van der Waals surface area contributed by atoms with Crippen molar-refractivity contribution in [2.24, 2.45) is 0 Å². The van der Waals surface area contributed by atoms with Crippen molar-refractivity contribution in [2.45, 2.75) is 39.2 Å². The lowest BCUT2D eigenvalue weighted by atomic mass is 9.88. The van der Waals surface area contributed by atoms with E-state index in [0.29, 0.717) is 0 Å². The van der Waals surface area contributed by atoms with E-state index in [1.165, 1.54) is 22.5 Å². The van der Waals surface area contributed by atoms with E-state index in [4.69, 9.17) is 0 Å². The van der Waals surface area contributed by atoms with E-state index in [1.807, 2.05) is 19.9 Å². The maximum atomic E-state index is 12.4. The van der Waals surface area contributed by atoms with Crippen molar-refractivity contribution >= 4 is 17.2 Å². The van der Waals surface area contributed by atoms with Crippen LogP contribution in [0.25, 0.3) is 0 Å². The van der Waals surface area contributed by atoms with Crippen molar-refractivity contribution in [2.75, 3.05) is 0 Å². The third-order valence-corrected chi connectivity index (χ3v) is 4.86. The Balaban J connectivity index is 1.82. The lowest BCUT2D eigenvalue weighted by molar-refractivity contribution is 0.0936. The van der Waals surface area contributed by atoms with Gasteiger partial charge in [-0.3, -0.25) is 4.79 Å². The molecule has 1 heterocycles. The minimum Gasteiger partial charge on any atom is -0.344 e. The third-order valence-electron chi connectivity index (χ3n) is 3.78. The number of hydrogen-bond donors (Lipinski definition) is 1. The number of aromatic nitrogens is 1. The second-order valence-electron chi connectivity index (χ2n) is 5.26. The Morgan fingerprint density at radius 1 is 1.35 bits per heavy atom. The van der Waals surface area contributed by atoms with Crippen LogP contribution in [-0.2, 0) is 6.42 Å². The monoisotopic (exact) mass is 286 g/mol. The van der Waals surface area contributed by atoms with Gasteiger partial charge in [-0.2, -0.15) is 0 Å². The molecule has 1 amide bonds. The zero-order valence-corrected chi connectivity index (χ0v) is 12.6. The molecule has 0 fully saturated rings. The average Bonchev–Trinajstić information content (AvgIpc) is 2.78. The molecule has 104 valence electrons. The lowest BCUT2D eigenvalue weighted by Gasteiger charge is -2.26. The van der Waals surface area contributed by atoms with Crippen molar-refractivity contribution in [3.8, 4) is 0 Å². The highest BCUT2D eigenvalue weighted by Gasteiger charge is 2.23. The maximum Gasteiger partial charge on any atom is 0.263 e. The van der Waals surface area contributed by atoms with Crippen LogP contribution < -0.4 is 5.32 Å².